The van der Waals surface area contributed by atoms with E-state index >= 15 is 0 Å². The van der Waals surface area contributed by atoms with E-state index in [-0.39, 0.29) is 5.69 Å². The Labute approximate surface area is 122 Å². The number of aryl methyl sites for hydroxylation is 1. The summed E-state index contributed by atoms with van der Waals surface area (Å²) in [7, 11) is 1.82. The minimum atomic E-state index is -0.998. The molecule has 0 spiro atoms. The Morgan fingerprint density at radius 2 is 1.90 bits per heavy atom. The molecule has 1 N–H and O–H groups in total. The van der Waals surface area contributed by atoms with Crippen LogP contribution in [0.25, 0.3) is 5.65 Å². The first-order valence-electron chi connectivity index (χ1n) is 6.58. The van der Waals surface area contributed by atoms with Crippen molar-refractivity contribution < 1.29 is 9.90 Å². The second-order valence-electron chi connectivity index (χ2n) is 4.91. The summed E-state index contributed by atoms with van der Waals surface area (Å²) in [5.41, 5.74) is 2.82. The monoisotopic (exact) mass is 281 g/mol. The second kappa shape index (κ2) is 4.94. The minimum Gasteiger partial charge on any atom is -0.476 e. The highest BCUT2D eigenvalue weighted by molar-refractivity contribution is 5.94. The van der Waals surface area contributed by atoms with Crippen molar-refractivity contribution in [3.63, 3.8) is 0 Å². The van der Waals surface area contributed by atoms with Gasteiger partial charge in [0.25, 0.3) is 0 Å². The third-order valence-corrected chi connectivity index (χ3v) is 3.45. The third-order valence-electron chi connectivity index (χ3n) is 3.45. The summed E-state index contributed by atoms with van der Waals surface area (Å²) >= 11 is 0. The second-order valence-corrected chi connectivity index (χ2v) is 4.91. The molecule has 2 aromatic heterocycles. The highest BCUT2D eigenvalue weighted by Crippen LogP contribution is 2.27. The van der Waals surface area contributed by atoms with Crippen LogP contribution in [0.1, 0.15) is 16.1 Å². The smallest absolute Gasteiger partial charge is 0.356 e. The predicted molar refractivity (Wildman–Crippen MR) is 81.4 cm³/mol. The number of hydrogen-bond donors (Lipinski definition) is 1. The fourth-order valence-corrected chi connectivity index (χ4v) is 2.31. The topological polar surface area (TPSA) is 57.8 Å². The molecule has 3 rings (SSSR count). The number of fused-ring (bicyclic) bond motifs is 1. The average Bonchev–Trinajstić information content (AvgIpc) is 2.86. The molecule has 5 nitrogen and oxygen atoms in total. The van der Waals surface area contributed by atoms with Gasteiger partial charge in [-0.1, -0.05) is 23.8 Å². The van der Waals surface area contributed by atoms with Crippen LogP contribution in [-0.4, -0.2) is 27.5 Å². The van der Waals surface area contributed by atoms with Crippen LogP contribution < -0.4 is 4.90 Å². The molecule has 0 saturated carbocycles. The molecule has 0 amide bonds. The van der Waals surface area contributed by atoms with E-state index in [1.165, 1.54) is 0 Å². The first kappa shape index (κ1) is 13.2. The molecule has 0 radical (unpaired) electrons. The van der Waals surface area contributed by atoms with E-state index in [1.807, 2.05) is 44.3 Å². The minimum absolute atomic E-state index is 0.161. The van der Waals surface area contributed by atoms with Gasteiger partial charge >= 0.3 is 5.97 Å². The highest BCUT2D eigenvalue weighted by Gasteiger charge is 2.21. The number of pyridine rings is 1. The van der Waals surface area contributed by atoms with Crippen molar-refractivity contribution in [3.05, 3.63) is 59.9 Å². The number of aromatic nitrogens is 2. The molecule has 0 atom stereocenters. The molecule has 3 aromatic rings. The maximum absolute atomic E-state index is 11.6. The van der Waals surface area contributed by atoms with E-state index < -0.39 is 5.97 Å². The van der Waals surface area contributed by atoms with Gasteiger partial charge in [0.2, 0.25) is 0 Å². The molecule has 2 heterocycles. The molecule has 0 aliphatic carbocycles. The number of benzene rings is 1. The van der Waals surface area contributed by atoms with Crippen LogP contribution in [0.3, 0.4) is 0 Å². The van der Waals surface area contributed by atoms with Crippen LogP contribution in [0, 0.1) is 6.92 Å². The van der Waals surface area contributed by atoms with Crippen LogP contribution in [0.5, 0.6) is 0 Å². The van der Waals surface area contributed by atoms with Gasteiger partial charge in [-0.15, -0.1) is 0 Å². The number of imidazole rings is 1. The van der Waals surface area contributed by atoms with E-state index in [0.29, 0.717) is 11.5 Å². The summed E-state index contributed by atoms with van der Waals surface area (Å²) in [5, 5.41) is 9.50. The lowest BCUT2D eigenvalue weighted by molar-refractivity contribution is 0.0690. The van der Waals surface area contributed by atoms with Crippen molar-refractivity contribution in [2.45, 2.75) is 6.92 Å². The largest absolute Gasteiger partial charge is 0.476 e. The Morgan fingerprint density at radius 1 is 1.19 bits per heavy atom. The number of aromatic carboxylic acids is 1. The van der Waals surface area contributed by atoms with Gasteiger partial charge in [0.05, 0.1) is 0 Å². The van der Waals surface area contributed by atoms with Crippen molar-refractivity contribution >= 4 is 23.1 Å². The molecule has 1 aromatic carbocycles. The lowest BCUT2D eigenvalue weighted by atomic mass is 10.2. The van der Waals surface area contributed by atoms with Crippen LogP contribution in [-0.2, 0) is 0 Å². The van der Waals surface area contributed by atoms with E-state index in [2.05, 4.69) is 4.98 Å². The number of carboxylic acids is 1. The zero-order valence-corrected chi connectivity index (χ0v) is 11.8. The molecular formula is C16H15N3O2. The summed E-state index contributed by atoms with van der Waals surface area (Å²) in [4.78, 5) is 17.8. The Kier molecular flexibility index (Phi) is 3.10. The van der Waals surface area contributed by atoms with Crippen molar-refractivity contribution in [1.82, 2.24) is 9.38 Å². The molecular weight excluding hydrogens is 266 g/mol. The van der Waals surface area contributed by atoms with Crippen molar-refractivity contribution in [2.24, 2.45) is 0 Å². The van der Waals surface area contributed by atoms with Gasteiger partial charge in [-0.3, -0.25) is 4.40 Å². The first-order valence-corrected chi connectivity index (χ1v) is 6.58. The number of carboxylic acid groups (broad SMARTS) is 1. The first-order chi connectivity index (χ1) is 10.1. The van der Waals surface area contributed by atoms with Gasteiger partial charge in [0.15, 0.2) is 11.5 Å². The summed E-state index contributed by atoms with van der Waals surface area (Å²) < 4.78 is 1.59. The van der Waals surface area contributed by atoms with E-state index in [0.717, 1.165) is 11.3 Å². The predicted octanol–water partition coefficient (Wildman–Crippen LogP) is 3.11. The molecule has 0 aliphatic rings. The number of carbonyl (C=O) groups is 1. The van der Waals surface area contributed by atoms with Crippen LogP contribution in [0.15, 0.2) is 48.7 Å². The van der Waals surface area contributed by atoms with Gasteiger partial charge in [-0.2, -0.15) is 0 Å². The summed E-state index contributed by atoms with van der Waals surface area (Å²) in [6.07, 6.45) is 1.71. The summed E-state index contributed by atoms with van der Waals surface area (Å²) in [5.74, 6) is -0.569. The Bertz CT molecular complexity index is 806. The van der Waals surface area contributed by atoms with Gasteiger partial charge in [-0.05, 0) is 31.2 Å². The molecule has 5 heteroatoms. The van der Waals surface area contributed by atoms with Gasteiger partial charge < -0.3 is 10.0 Å². The number of nitrogens with zero attached hydrogens (tertiary/aromatic N) is 3. The summed E-state index contributed by atoms with van der Waals surface area (Å²) in [6.45, 7) is 2.01. The van der Waals surface area contributed by atoms with Gasteiger partial charge in [0.1, 0.15) is 5.65 Å². The highest BCUT2D eigenvalue weighted by atomic mass is 16.4. The van der Waals surface area contributed by atoms with Crippen molar-refractivity contribution in [2.75, 3.05) is 11.9 Å². The van der Waals surface area contributed by atoms with E-state index in [9.17, 15) is 9.90 Å². The van der Waals surface area contributed by atoms with Crippen LogP contribution >= 0.6 is 0 Å². The molecule has 0 unspecified atom stereocenters. The lowest BCUT2D eigenvalue weighted by Gasteiger charge is -2.17. The van der Waals surface area contributed by atoms with Crippen molar-refractivity contribution in [3.8, 4) is 0 Å². The zero-order valence-electron chi connectivity index (χ0n) is 11.8. The van der Waals surface area contributed by atoms with E-state index in [4.69, 9.17) is 0 Å². The Morgan fingerprint density at radius 3 is 2.57 bits per heavy atom. The van der Waals surface area contributed by atoms with Crippen molar-refractivity contribution in [1.29, 1.82) is 0 Å². The normalized spacial score (nSPS) is 10.8. The Balaban J connectivity index is 2.17. The maximum Gasteiger partial charge on any atom is 0.356 e. The lowest BCUT2D eigenvalue weighted by Crippen LogP contribution is -2.14. The zero-order chi connectivity index (χ0) is 15.0. The Hall–Kier alpha value is -2.82. The molecule has 21 heavy (non-hydrogen) atoms. The standard InChI is InChI=1S/C16H15N3O2/c1-11-6-8-12(9-7-11)18(2)15-14(16(20)21)19-10-4-3-5-13(19)17-15/h3-10H,1-2H3,(H,20,21). The summed E-state index contributed by atoms with van der Waals surface area (Å²) in [6, 6.07) is 13.3. The quantitative estimate of drug-likeness (QED) is 0.801. The van der Waals surface area contributed by atoms with Crippen LogP contribution in [0.2, 0.25) is 0 Å². The number of hydrogen-bond acceptors (Lipinski definition) is 3. The molecule has 0 bridgehead atoms. The van der Waals surface area contributed by atoms with Gasteiger partial charge in [-0.25, -0.2) is 9.78 Å². The average molecular weight is 281 g/mol. The number of rotatable bonds is 3. The fourth-order valence-electron chi connectivity index (χ4n) is 2.31. The SMILES string of the molecule is Cc1ccc(N(C)c2nc3ccccn3c2C(=O)O)cc1. The molecule has 106 valence electrons. The molecule has 0 aliphatic heterocycles. The molecule has 0 fully saturated rings. The number of anilines is 2. The maximum atomic E-state index is 11.6. The fraction of sp³-hybridized carbons (Fsp3) is 0.125. The van der Waals surface area contributed by atoms with E-state index in [1.54, 1.807) is 27.6 Å². The third kappa shape index (κ3) is 2.23. The van der Waals surface area contributed by atoms with Gasteiger partial charge in [0, 0.05) is 18.9 Å². The molecule has 0 saturated heterocycles. The van der Waals surface area contributed by atoms with Crippen LogP contribution in [0.4, 0.5) is 11.5 Å².